The van der Waals surface area contributed by atoms with Crippen molar-refractivity contribution in [2.45, 2.75) is 19.1 Å². The molecule has 4 heteroatoms. The normalized spacial score (nSPS) is 15.1. The fraction of sp³-hybridized carbons (Fsp3) is 0.250. The minimum Gasteiger partial charge on any atom is -0.367 e. The molecular formula is C16H14F3N. The average molecular weight is 277 g/mol. The number of halogens is 3. The van der Waals surface area contributed by atoms with Crippen molar-refractivity contribution < 1.29 is 13.2 Å². The van der Waals surface area contributed by atoms with Crippen molar-refractivity contribution in [2.24, 2.45) is 0 Å². The fourth-order valence-electron chi connectivity index (χ4n) is 2.60. The summed E-state index contributed by atoms with van der Waals surface area (Å²) in [4.78, 5) is 2.00. The number of hydrogen-bond donors (Lipinski definition) is 0. The van der Waals surface area contributed by atoms with Crippen molar-refractivity contribution in [2.75, 3.05) is 11.4 Å². The predicted molar refractivity (Wildman–Crippen MR) is 72.6 cm³/mol. The summed E-state index contributed by atoms with van der Waals surface area (Å²) in [6.07, 6.45) is -3.42. The lowest BCUT2D eigenvalue weighted by Crippen LogP contribution is -2.30. The van der Waals surface area contributed by atoms with E-state index in [9.17, 15) is 13.2 Å². The Balaban J connectivity index is 1.88. The Morgan fingerprint density at radius 1 is 0.900 bits per heavy atom. The molecule has 3 rings (SSSR count). The molecular weight excluding hydrogens is 263 g/mol. The Kier molecular flexibility index (Phi) is 3.16. The minimum absolute atomic E-state index is 0.589. The largest absolute Gasteiger partial charge is 0.416 e. The molecule has 0 atom stereocenters. The van der Waals surface area contributed by atoms with Crippen molar-refractivity contribution >= 4 is 5.69 Å². The van der Waals surface area contributed by atoms with Crippen LogP contribution in [0.5, 0.6) is 0 Å². The fourth-order valence-corrected chi connectivity index (χ4v) is 2.60. The van der Waals surface area contributed by atoms with Gasteiger partial charge in [0, 0.05) is 18.8 Å². The molecule has 2 aromatic carbocycles. The standard InChI is InChI=1S/C16H14F3N/c17-16(18,19)14-6-3-7-15(10-14)20-9-8-12-4-1-2-5-13(12)11-20/h1-7,10H,8-9,11H2. The van der Waals surface area contributed by atoms with Gasteiger partial charge in [-0.15, -0.1) is 0 Å². The van der Waals surface area contributed by atoms with Crippen LogP contribution in [0.15, 0.2) is 48.5 Å². The number of fused-ring (bicyclic) bond motifs is 1. The van der Waals surface area contributed by atoms with Crippen molar-refractivity contribution in [3.63, 3.8) is 0 Å². The van der Waals surface area contributed by atoms with E-state index in [1.54, 1.807) is 6.07 Å². The lowest BCUT2D eigenvalue weighted by atomic mass is 9.99. The van der Waals surface area contributed by atoms with Crippen LogP contribution in [0.25, 0.3) is 0 Å². The second kappa shape index (κ2) is 4.85. The highest BCUT2D eigenvalue weighted by Gasteiger charge is 2.31. The van der Waals surface area contributed by atoms with E-state index in [4.69, 9.17) is 0 Å². The van der Waals surface area contributed by atoms with E-state index in [2.05, 4.69) is 6.07 Å². The van der Waals surface area contributed by atoms with Crippen LogP contribution in [0.2, 0.25) is 0 Å². The molecule has 0 N–H and O–H groups in total. The average Bonchev–Trinajstić information content (AvgIpc) is 2.46. The Bertz CT molecular complexity index is 619. The van der Waals surface area contributed by atoms with Crippen LogP contribution in [-0.4, -0.2) is 6.54 Å². The lowest BCUT2D eigenvalue weighted by molar-refractivity contribution is -0.137. The topological polar surface area (TPSA) is 3.24 Å². The molecule has 0 bridgehead atoms. The van der Waals surface area contributed by atoms with E-state index in [1.165, 1.54) is 23.3 Å². The number of anilines is 1. The van der Waals surface area contributed by atoms with E-state index in [-0.39, 0.29) is 0 Å². The van der Waals surface area contributed by atoms with Gasteiger partial charge in [-0.3, -0.25) is 0 Å². The van der Waals surface area contributed by atoms with Crippen LogP contribution < -0.4 is 4.90 Å². The monoisotopic (exact) mass is 277 g/mol. The molecule has 0 amide bonds. The van der Waals surface area contributed by atoms with Gasteiger partial charge in [-0.25, -0.2) is 0 Å². The number of hydrogen-bond acceptors (Lipinski definition) is 1. The Morgan fingerprint density at radius 3 is 2.40 bits per heavy atom. The molecule has 1 nitrogen and oxygen atoms in total. The van der Waals surface area contributed by atoms with Gasteiger partial charge >= 0.3 is 6.18 Å². The first kappa shape index (κ1) is 13.0. The van der Waals surface area contributed by atoms with Crippen molar-refractivity contribution in [1.29, 1.82) is 0 Å². The van der Waals surface area contributed by atoms with Crippen LogP contribution in [0.1, 0.15) is 16.7 Å². The van der Waals surface area contributed by atoms with Gasteiger partial charge in [-0.1, -0.05) is 30.3 Å². The summed E-state index contributed by atoms with van der Waals surface area (Å²) in [6.45, 7) is 1.41. The molecule has 0 fully saturated rings. The van der Waals surface area contributed by atoms with Gasteiger partial charge in [0.15, 0.2) is 0 Å². The van der Waals surface area contributed by atoms with E-state index < -0.39 is 11.7 Å². The third-order valence-corrected chi connectivity index (χ3v) is 3.67. The van der Waals surface area contributed by atoms with E-state index >= 15 is 0 Å². The number of rotatable bonds is 1. The maximum atomic E-state index is 12.8. The zero-order valence-electron chi connectivity index (χ0n) is 10.8. The molecule has 20 heavy (non-hydrogen) atoms. The maximum absolute atomic E-state index is 12.8. The van der Waals surface area contributed by atoms with Crippen molar-refractivity contribution in [1.82, 2.24) is 0 Å². The number of benzene rings is 2. The molecule has 1 heterocycles. The molecule has 0 saturated carbocycles. The lowest BCUT2D eigenvalue weighted by Gasteiger charge is -2.31. The zero-order chi connectivity index (χ0) is 14.2. The molecule has 0 spiro atoms. The molecule has 0 unspecified atom stereocenters. The van der Waals surface area contributed by atoms with Crippen molar-refractivity contribution in [3.8, 4) is 0 Å². The summed E-state index contributed by atoms with van der Waals surface area (Å²) in [5.74, 6) is 0. The van der Waals surface area contributed by atoms with Crippen LogP contribution in [0.4, 0.5) is 18.9 Å². The Hall–Kier alpha value is -1.97. The Morgan fingerprint density at radius 2 is 1.65 bits per heavy atom. The first-order valence-corrected chi connectivity index (χ1v) is 6.53. The second-order valence-electron chi connectivity index (χ2n) is 4.99. The second-order valence-corrected chi connectivity index (χ2v) is 4.99. The highest BCUT2D eigenvalue weighted by atomic mass is 19.4. The minimum atomic E-state index is -4.29. The highest BCUT2D eigenvalue weighted by Crippen LogP contribution is 2.33. The van der Waals surface area contributed by atoms with Gasteiger partial charge < -0.3 is 4.90 Å². The smallest absolute Gasteiger partial charge is 0.367 e. The number of alkyl halides is 3. The molecule has 1 aliphatic rings. The van der Waals surface area contributed by atoms with Gasteiger partial charge in [0.25, 0.3) is 0 Å². The predicted octanol–water partition coefficient (Wildman–Crippen LogP) is 4.27. The van der Waals surface area contributed by atoms with Gasteiger partial charge in [0.1, 0.15) is 0 Å². The van der Waals surface area contributed by atoms with Crippen LogP contribution in [0.3, 0.4) is 0 Å². The first-order chi connectivity index (χ1) is 9.54. The van der Waals surface area contributed by atoms with E-state index in [0.29, 0.717) is 12.2 Å². The number of nitrogens with zero attached hydrogens (tertiary/aromatic N) is 1. The summed E-state index contributed by atoms with van der Waals surface area (Å²) in [7, 11) is 0. The third-order valence-electron chi connectivity index (χ3n) is 3.67. The summed E-state index contributed by atoms with van der Waals surface area (Å²) in [6, 6.07) is 13.6. The summed E-state index contributed by atoms with van der Waals surface area (Å²) in [5.41, 5.74) is 2.52. The van der Waals surface area contributed by atoms with Crippen LogP contribution in [-0.2, 0) is 19.1 Å². The molecule has 0 radical (unpaired) electrons. The molecule has 2 aromatic rings. The molecule has 0 aliphatic carbocycles. The van der Waals surface area contributed by atoms with Gasteiger partial charge in [-0.2, -0.15) is 13.2 Å². The van der Waals surface area contributed by atoms with E-state index in [1.807, 2.05) is 23.1 Å². The summed E-state index contributed by atoms with van der Waals surface area (Å²) >= 11 is 0. The zero-order valence-corrected chi connectivity index (χ0v) is 10.8. The van der Waals surface area contributed by atoms with Gasteiger partial charge in [0.2, 0.25) is 0 Å². The summed E-state index contributed by atoms with van der Waals surface area (Å²) in [5, 5.41) is 0. The highest BCUT2D eigenvalue weighted by molar-refractivity contribution is 5.51. The molecule has 0 aromatic heterocycles. The SMILES string of the molecule is FC(F)(F)c1cccc(N2CCc3ccccc3C2)c1. The van der Waals surface area contributed by atoms with Crippen LogP contribution in [0, 0.1) is 0 Å². The van der Waals surface area contributed by atoms with Crippen LogP contribution >= 0.6 is 0 Å². The summed E-state index contributed by atoms with van der Waals surface area (Å²) < 4.78 is 38.3. The quantitative estimate of drug-likeness (QED) is 0.752. The molecule has 0 saturated heterocycles. The third kappa shape index (κ3) is 2.50. The van der Waals surface area contributed by atoms with Gasteiger partial charge in [-0.05, 0) is 35.7 Å². The maximum Gasteiger partial charge on any atom is 0.416 e. The first-order valence-electron chi connectivity index (χ1n) is 6.53. The van der Waals surface area contributed by atoms with Crippen molar-refractivity contribution in [3.05, 3.63) is 65.2 Å². The molecule has 104 valence electrons. The van der Waals surface area contributed by atoms with E-state index in [0.717, 1.165) is 19.0 Å². The molecule has 1 aliphatic heterocycles. The Labute approximate surface area is 115 Å². The van der Waals surface area contributed by atoms with Gasteiger partial charge in [0.05, 0.1) is 5.56 Å².